The van der Waals surface area contributed by atoms with Crippen LogP contribution in [0.1, 0.15) is 10.5 Å². The van der Waals surface area contributed by atoms with Crippen molar-refractivity contribution in [3.63, 3.8) is 0 Å². The van der Waals surface area contributed by atoms with Crippen LogP contribution < -0.4 is 5.43 Å². The summed E-state index contributed by atoms with van der Waals surface area (Å²) in [4.78, 5) is 25.1. The molecule has 0 saturated heterocycles. The van der Waals surface area contributed by atoms with Crippen molar-refractivity contribution in [2.75, 3.05) is 0 Å². The second-order valence-corrected chi connectivity index (χ2v) is 4.39. The molecule has 2 rings (SSSR count). The van der Waals surface area contributed by atoms with E-state index in [0.717, 1.165) is 6.07 Å². The maximum atomic E-state index is 11.7. The minimum Gasteiger partial charge on any atom is -0.477 e. The average Bonchev–Trinajstić information content (AvgIpc) is 2.22. The molecule has 0 bridgehead atoms. The zero-order valence-corrected chi connectivity index (χ0v) is 10.1. The molecule has 1 aromatic heterocycles. The molecule has 1 heterocycles. The van der Waals surface area contributed by atoms with Crippen LogP contribution in [0.15, 0.2) is 27.5 Å². The van der Waals surface area contributed by atoms with Crippen LogP contribution in [0, 0.1) is 0 Å². The van der Waals surface area contributed by atoms with Gasteiger partial charge in [0.2, 0.25) is 0 Å². The summed E-state index contributed by atoms with van der Waals surface area (Å²) in [6, 6.07) is 4.23. The number of carbonyl (C=O) groups is 1. The van der Waals surface area contributed by atoms with Gasteiger partial charge in [-0.25, -0.2) is 4.79 Å². The lowest BCUT2D eigenvalue weighted by molar-refractivity contribution is 0.0691. The fourth-order valence-corrected chi connectivity index (χ4v) is 2.08. The zero-order chi connectivity index (χ0) is 11.9. The molecular formula is C10H5BrClNO3. The summed E-state index contributed by atoms with van der Waals surface area (Å²) >= 11 is 9.10. The highest BCUT2D eigenvalue weighted by atomic mass is 79.9. The van der Waals surface area contributed by atoms with Crippen molar-refractivity contribution in [1.29, 1.82) is 0 Å². The standard InChI is InChI=1S/C10H5BrClNO3/c11-4-1-2-5(12)8-7(14)3-6(10(15)16)13-9(4)8/h1-3H,(H,13,14)(H,15,16). The second kappa shape index (κ2) is 3.92. The fourth-order valence-electron chi connectivity index (χ4n) is 1.40. The number of carboxylic acid groups (broad SMARTS) is 1. The van der Waals surface area contributed by atoms with Crippen LogP contribution in [0.4, 0.5) is 0 Å². The number of pyridine rings is 1. The number of fused-ring (bicyclic) bond motifs is 1. The number of nitrogens with one attached hydrogen (secondary N) is 1. The maximum absolute atomic E-state index is 11.7. The summed E-state index contributed by atoms with van der Waals surface area (Å²) in [5.74, 6) is -1.19. The minimum atomic E-state index is -1.19. The number of aromatic carboxylic acids is 1. The topological polar surface area (TPSA) is 70.2 Å². The molecule has 16 heavy (non-hydrogen) atoms. The smallest absolute Gasteiger partial charge is 0.352 e. The predicted molar refractivity (Wildman–Crippen MR) is 64.2 cm³/mol. The summed E-state index contributed by atoms with van der Waals surface area (Å²) in [6.45, 7) is 0. The molecule has 0 saturated carbocycles. The number of hydrogen-bond acceptors (Lipinski definition) is 2. The van der Waals surface area contributed by atoms with E-state index in [0.29, 0.717) is 9.99 Å². The van der Waals surface area contributed by atoms with Crippen molar-refractivity contribution < 1.29 is 9.90 Å². The first-order valence-electron chi connectivity index (χ1n) is 4.25. The summed E-state index contributed by atoms with van der Waals surface area (Å²) in [6.07, 6.45) is 0. The number of carboxylic acids is 1. The Labute approximate surface area is 103 Å². The van der Waals surface area contributed by atoms with E-state index in [2.05, 4.69) is 20.9 Å². The van der Waals surface area contributed by atoms with Gasteiger partial charge in [0, 0.05) is 10.5 Å². The fraction of sp³-hybridized carbons (Fsp3) is 0. The second-order valence-electron chi connectivity index (χ2n) is 3.13. The van der Waals surface area contributed by atoms with Crippen LogP contribution >= 0.6 is 27.5 Å². The van der Waals surface area contributed by atoms with Crippen molar-refractivity contribution in [2.24, 2.45) is 0 Å². The Hall–Kier alpha value is -1.33. The molecule has 0 atom stereocenters. The number of rotatable bonds is 1. The number of halogens is 2. The number of H-pyrrole nitrogens is 1. The third-order valence-corrected chi connectivity index (χ3v) is 3.09. The first-order valence-corrected chi connectivity index (χ1v) is 5.42. The van der Waals surface area contributed by atoms with Crippen LogP contribution in [0.5, 0.6) is 0 Å². The van der Waals surface area contributed by atoms with E-state index in [1.807, 2.05) is 0 Å². The van der Waals surface area contributed by atoms with Crippen molar-refractivity contribution in [2.45, 2.75) is 0 Å². The summed E-state index contributed by atoms with van der Waals surface area (Å²) in [5, 5.41) is 9.38. The van der Waals surface area contributed by atoms with Crippen LogP contribution in [0.25, 0.3) is 10.9 Å². The number of hydrogen-bond donors (Lipinski definition) is 2. The van der Waals surface area contributed by atoms with Gasteiger partial charge in [-0.2, -0.15) is 0 Å². The molecule has 0 radical (unpaired) electrons. The van der Waals surface area contributed by atoms with E-state index < -0.39 is 11.4 Å². The zero-order valence-electron chi connectivity index (χ0n) is 7.75. The molecule has 0 fully saturated rings. The summed E-state index contributed by atoms with van der Waals surface area (Å²) < 4.78 is 0.590. The molecule has 0 unspecified atom stereocenters. The lowest BCUT2D eigenvalue weighted by Crippen LogP contribution is -2.10. The van der Waals surface area contributed by atoms with Gasteiger partial charge in [0.1, 0.15) is 5.69 Å². The van der Waals surface area contributed by atoms with Crippen LogP contribution in [-0.4, -0.2) is 16.1 Å². The SMILES string of the molecule is O=C(O)c1cc(=O)c2c(Cl)ccc(Br)c2[nH]1. The highest BCUT2D eigenvalue weighted by molar-refractivity contribution is 9.10. The van der Waals surface area contributed by atoms with Gasteiger partial charge in [0.05, 0.1) is 15.9 Å². The van der Waals surface area contributed by atoms with Crippen LogP contribution in [0.2, 0.25) is 5.02 Å². The van der Waals surface area contributed by atoms with Crippen LogP contribution in [-0.2, 0) is 0 Å². The highest BCUT2D eigenvalue weighted by Crippen LogP contribution is 2.26. The first kappa shape index (κ1) is 11.2. The van der Waals surface area contributed by atoms with Gasteiger partial charge < -0.3 is 10.1 Å². The van der Waals surface area contributed by atoms with Gasteiger partial charge in [0.15, 0.2) is 5.43 Å². The Balaban J connectivity index is 2.98. The molecular weight excluding hydrogens is 297 g/mol. The van der Waals surface area contributed by atoms with E-state index >= 15 is 0 Å². The molecule has 0 aliphatic heterocycles. The third kappa shape index (κ3) is 1.72. The van der Waals surface area contributed by atoms with E-state index in [1.54, 1.807) is 12.1 Å². The molecule has 0 aliphatic carbocycles. The molecule has 4 nitrogen and oxygen atoms in total. The minimum absolute atomic E-state index is 0.166. The number of aromatic amines is 1. The Morgan fingerprint density at radius 1 is 1.44 bits per heavy atom. The average molecular weight is 303 g/mol. The van der Waals surface area contributed by atoms with Gasteiger partial charge in [-0.05, 0) is 28.1 Å². The molecule has 0 aliphatic rings. The lowest BCUT2D eigenvalue weighted by Gasteiger charge is -2.04. The van der Waals surface area contributed by atoms with Crippen molar-refractivity contribution >= 4 is 44.4 Å². The predicted octanol–water partition coefficient (Wildman–Crippen LogP) is 2.64. The highest BCUT2D eigenvalue weighted by Gasteiger charge is 2.12. The van der Waals surface area contributed by atoms with Crippen molar-refractivity contribution in [1.82, 2.24) is 4.98 Å². The molecule has 2 aromatic rings. The Bertz CT molecular complexity index is 650. The first-order chi connectivity index (χ1) is 7.50. The molecule has 1 aromatic carbocycles. The van der Waals surface area contributed by atoms with E-state index in [9.17, 15) is 9.59 Å². The monoisotopic (exact) mass is 301 g/mol. The Morgan fingerprint density at radius 3 is 2.75 bits per heavy atom. The van der Waals surface area contributed by atoms with Gasteiger partial charge in [-0.1, -0.05) is 11.6 Å². The number of aromatic nitrogens is 1. The van der Waals surface area contributed by atoms with E-state index in [4.69, 9.17) is 16.7 Å². The normalized spacial score (nSPS) is 10.6. The van der Waals surface area contributed by atoms with Gasteiger partial charge >= 0.3 is 5.97 Å². The molecule has 82 valence electrons. The van der Waals surface area contributed by atoms with Crippen LogP contribution in [0.3, 0.4) is 0 Å². The van der Waals surface area contributed by atoms with E-state index in [-0.39, 0.29) is 16.1 Å². The van der Waals surface area contributed by atoms with Gasteiger partial charge in [-0.15, -0.1) is 0 Å². The summed E-state index contributed by atoms with van der Waals surface area (Å²) in [7, 11) is 0. The van der Waals surface area contributed by atoms with Gasteiger partial charge in [0.25, 0.3) is 0 Å². The number of benzene rings is 1. The summed E-state index contributed by atoms with van der Waals surface area (Å²) in [5.41, 5.74) is -0.199. The lowest BCUT2D eigenvalue weighted by atomic mass is 10.2. The Kier molecular flexibility index (Phi) is 2.73. The molecule has 6 heteroatoms. The Morgan fingerprint density at radius 2 is 2.12 bits per heavy atom. The van der Waals surface area contributed by atoms with E-state index in [1.165, 1.54) is 0 Å². The molecule has 0 amide bonds. The van der Waals surface area contributed by atoms with Gasteiger partial charge in [-0.3, -0.25) is 4.79 Å². The maximum Gasteiger partial charge on any atom is 0.352 e. The molecule has 2 N–H and O–H groups in total. The molecule has 0 spiro atoms. The quantitative estimate of drug-likeness (QED) is 0.851. The van der Waals surface area contributed by atoms with Crippen molar-refractivity contribution in [3.05, 3.63) is 43.6 Å². The largest absolute Gasteiger partial charge is 0.477 e. The third-order valence-electron chi connectivity index (χ3n) is 2.12. The van der Waals surface area contributed by atoms with Crippen molar-refractivity contribution in [3.8, 4) is 0 Å².